The Balaban J connectivity index is 1.27. The van der Waals surface area contributed by atoms with Gasteiger partial charge in [-0.15, -0.1) is 11.3 Å². The molecule has 0 saturated heterocycles. The van der Waals surface area contributed by atoms with Gasteiger partial charge in [0.2, 0.25) is 0 Å². The summed E-state index contributed by atoms with van der Waals surface area (Å²) in [4.78, 5) is 5.15. The normalized spacial score (nSPS) is 12.1. The van der Waals surface area contributed by atoms with Crippen LogP contribution in [0.3, 0.4) is 0 Å². The minimum atomic E-state index is 0.933. The smallest absolute Gasteiger partial charge is 0.145 e. The van der Waals surface area contributed by atoms with Crippen LogP contribution in [0.4, 0.5) is 0 Å². The molecule has 0 N–H and O–H groups in total. The van der Waals surface area contributed by atoms with E-state index in [1.807, 2.05) is 11.3 Å². The standard InChI is InChI=1S/C45H27N3S/c1-2-12-29(13-3-1)47-39-21-11-10-20-38(39)46-45(47)28-22-24-30(25-23-28)48-42-34-17-7-5-15-32(34)31-14-4-6-16-33(31)40(42)41-37-26-27-49-44(37)36-19-9-8-18-35(36)43(41)48/h1-27H. The fourth-order valence-corrected chi connectivity index (χ4v) is 9.09. The van der Waals surface area contributed by atoms with Gasteiger partial charge < -0.3 is 4.57 Å². The third-order valence-corrected chi connectivity index (χ3v) is 11.1. The van der Waals surface area contributed by atoms with Crippen LogP contribution in [-0.2, 0) is 0 Å². The van der Waals surface area contributed by atoms with Gasteiger partial charge in [-0.25, -0.2) is 4.98 Å². The van der Waals surface area contributed by atoms with Crippen molar-refractivity contribution in [1.29, 1.82) is 0 Å². The Labute approximate surface area is 285 Å². The molecule has 0 radical (unpaired) electrons. The molecule has 8 aromatic carbocycles. The van der Waals surface area contributed by atoms with Crippen LogP contribution in [0, 0.1) is 0 Å². The van der Waals surface area contributed by atoms with E-state index < -0.39 is 0 Å². The van der Waals surface area contributed by atoms with E-state index in [1.165, 1.54) is 64.2 Å². The average Bonchev–Trinajstić information content (AvgIpc) is 3.90. The number of thiophene rings is 1. The molecule has 0 spiro atoms. The number of hydrogen-bond acceptors (Lipinski definition) is 2. The number of rotatable bonds is 3. The first-order valence-electron chi connectivity index (χ1n) is 16.6. The van der Waals surface area contributed by atoms with Gasteiger partial charge in [-0.3, -0.25) is 4.57 Å². The van der Waals surface area contributed by atoms with Crippen LogP contribution >= 0.6 is 11.3 Å². The van der Waals surface area contributed by atoms with Crippen LogP contribution in [0.15, 0.2) is 163 Å². The first-order valence-corrected chi connectivity index (χ1v) is 17.5. The van der Waals surface area contributed by atoms with Crippen LogP contribution in [-0.4, -0.2) is 14.1 Å². The van der Waals surface area contributed by atoms with Crippen LogP contribution in [0.2, 0.25) is 0 Å². The fraction of sp³-hybridized carbons (Fsp3) is 0. The van der Waals surface area contributed by atoms with Crippen molar-refractivity contribution in [2.75, 3.05) is 0 Å². The van der Waals surface area contributed by atoms with Crippen molar-refractivity contribution in [1.82, 2.24) is 14.1 Å². The first-order chi connectivity index (χ1) is 24.3. The molecule has 0 saturated carbocycles. The lowest BCUT2D eigenvalue weighted by Crippen LogP contribution is -1.99. The van der Waals surface area contributed by atoms with E-state index in [9.17, 15) is 0 Å². The maximum atomic E-state index is 5.15. The van der Waals surface area contributed by atoms with Gasteiger partial charge in [-0.2, -0.15) is 0 Å². The largest absolute Gasteiger partial charge is 0.308 e. The highest BCUT2D eigenvalue weighted by atomic mass is 32.1. The van der Waals surface area contributed by atoms with Crippen molar-refractivity contribution >= 4 is 86.6 Å². The highest BCUT2D eigenvalue weighted by Gasteiger charge is 2.24. The highest BCUT2D eigenvalue weighted by Crippen LogP contribution is 2.48. The Bertz CT molecular complexity index is 3090. The van der Waals surface area contributed by atoms with Crippen LogP contribution in [0.5, 0.6) is 0 Å². The third kappa shape index (κ3) is 3.69. The lowest BCUT2D eigenvalue weighted by Gasteiger charge is -2.14. The number of imidazole rings is 1. The van der Waals surface area contributed by atoms with E-state index in [0.29, 0.717) is 0 Å². The van der Waals surface area contributed by atoms with Gasteiger partial charge >= 0.3 is 0 Å². The van der Waals surface area contributed by atoms with E-state index in [-0.39, 0.29) is 0 Å². The molecule has 0 amide bonds. The van der Waals surface area contributed by atoms with Gasteiger partial charge in [0.1, 0.15) is 5.82 Å². The lowest BCUT2D eigenvalue weighted by atomic mass is 9.95. The minimum Gasteiger partial charge on any atom is -0.308 e. The zero-order valence-electron chi connectivity index (χ0n) is 26.3. The summed E-state index contributed by atoms with van der Waals surface area (Å²) in [6.45, 7) is 0. The van der Waals surface area contributed by atoms with Crippen molar-refractivity contribution < 1.29 is 0 Å². The Morgan fingerprint density at radius 1 is 0.408 bits per heavy atom. The quantitative estimate of drug-likeness (QED) is 0.176. The predicted octanol–water partition coefficient (Wildman–Crippen LogP) is 12.5. The van der Waals surface area contributed by atoms with Gasteiger partial charge in [0, 0.05) is 54.0 Å². The molecule has 0 aliphatic carbocycles. The van der Waals surface area contributed by atoms with Crippen molar-refractivity contribution in [2.45, 2.75) is 0 Å². The summed E-state index contributed by atoms with van der Waals surface area (Å²) in [6.07, 6.45) is 0. The predicted molar refractivity (Wildman–Crippen MR) is 209 cm³/mol. The SMILES string of the molecule is c1ccc(-n2c(-c3ccc(-n4c5c6ccccc6c6ccccc6c5c5c6ccsc6c6ccccc6c54)cc3)nc3ccccc32)cc1. The molecular formula is C45H27N3S. The molecule has 0 aliphatic rings. The maximum Gasteiger partial charge on any atom is 0.145 e. The van der Waals surface area contributed by atoms with E-state index in [2.05, 4.69) is 172 Å². The Morgan fingerprint density at radius 2 is 0.959 bits per heavy atom. The molecule has 3 heterocycles. The number of benzene rings is 8. The zero-order chi connectivity index (χ0) is 32.1. The molecule has 49 heavy (non-hydrogen) atoms. The molecule has 11 aromatic rings. The molecule has 0 unspecified atom stereocenters. The second-order valence-corrected chi connectivity index (χ2v) is 13.6. The van der Waals surface area contributed by atoms with E-state index in [4.69, 9.17) is 4.98 Å². The summed E-state index contributed by atoms with van der Waals surface area (Å²) < 4.78 is 6.14. The van der Waals surface area contributed by atoms with E-state index >= 15 is 0 Å². The topological polar surface area (TPSA) is 22.8 Å². The highest BCUT2D eigenvalue weighted by molar-refractivity contribution is 7.18. The fourth-order valence-electron chi connectivity index (χ4n) is 8.15. The number of para-hydroxylation sites is 3. The van der Waals surface area contributed by atoms with Gasteiger partial charge in [0.05, 0.1) is 22.1 Å². The summed E-state index contributed by atoms with van der Waals surface area (Å²) in [5.41, 5.74) is 7.88. The van der Waals surface area contributed by atoms with E-state index in [1.54, 1.807) is 0 Å². The van der Waals surface area contributed by atoms with Crippen molar-refractivity contribution in [3.05, 3.63) is 163 Å². The van der Waals surface area contributed by atoms with E-state index in [0.717, 1.165) is 33.8 Å². The molecule has 0 fully saturated rings. The summed E-state index contributed by atoms with van der Waals surface area (Å²) in [5.74, 6) is 0.933. The van der Waals surface area contributed by atoms with Gasteiger partial charge in [0.25, 0.3) is 0 Å². The molecular weight excluding hydrogens is 615 g/mol. The Kier molecular flexibility index (Phi) is 5.54. The van der Waals surface area contributed by atoms with Gasteiger partial charge in [0.15, 0.2) is 0 Å². The number of nitrogens with zero attached hydrogens (tertiary/aromatic N) is 3. The molecule has 228 valence electrons. The van der Waals surface area contributed by atoms with Crippen LogP contribution < -0.4 is 0 Å². The summed E-state index contributed by atoms with van der Waals surface area (Å²) in [7, 11) is 0. The first kappa shape index (κ1) is 26.8. The second kappa shape index (κ2) is 10.1. The van der Waals surface area contributed by atoms with Crippen LogP contribution in [0.1, 0.15) is 0 Å². The van der Waals surface area contributed by atoms with Crippen molar-refractivity contribution in [3.8, 4) is 22.8 Å². The lowest BCUT2D eigenvalue weighted by molar-refractivity contribution is 1.10. The van der Waals surface area contributed by atoms with Gasteiger partial charge in [-0.1, -0.05) is 103 Å². The summed E-state index contributed by atoms with van der Waals surface area (Å²) >= 11 is 1.84. The molecule has 0 aliphatic heterocycles. The summed E-state index contributed by atoms with van der Waals surface area (Å²) in [6, 6.07) is 57.0. The Hall–Kier alpha value is -6.23. The maximum absolute atomic E-state index is 5.15. The molecule has 11 rings (SSSR count). The monoisotopic (exact) mass is 641 g/mol. The number of aromatic nitrogens is 3. The van der Waals surface area contributed by atoms with Crippen molar-refractivity contribution in [2.24, 2.45) is 0 Å². The summed E-state index contributed by atoms with van der Waals surface area (Å²) in [5, 5.41) is 13.9. The van der Waals surface area contributed by atoms with Crippen LogP contribution in [0.25, 0.3) is 98.0 Å². The Morgan fingerprint density at radius 3 is 1.71 bits per heavy atom. The second-order valence-electron chi connectivity index (χ2n) is 12.7. The zero-order valence-corrected chi connectivity index (χ0v) is 27.2. The molecule has 0 bridgehead atoms. The average molecular weight is 642 g/mol. The number of fused-ring (bicyclic) bond motifs is 14. The van der Waals surface area contributed by atoms with Gasteiger partial charge in [-0.05, 0) is 76.1 Å². The molecule has 3 aromatic heterocycles. The van der Waals surface area contributed by atoms with Crippen molar-refractivity contribution in [3.63, 3.8) is 0 Å². The molecule has 0 atom stereocenters. The molecule has 4 heteroatoms. The molecule has 3 nitrogen and oxygen atoms in total. The minimum absolute atomic E-state index is 0.933. The number of hydrogen-bond donors (Lipinski definition) is 0. The third-order valence-electron chi connectivity index (χ3n) is 10.2.